The molecule has 0 spiro atoms. The summed E-state index contributed by atoms with van der Waals surface area (Å²) in [6.45, 7) is 1.73. The van der Waals surface area contributed by atoms with Gasteiger partial charge in [0.2, 0.25) is 5.91 Å². The highest BCUT2D eigenvalue weighted by Crippen LogP contribution is 2.18. The van der Waals surface area contributed by atoms with Crippen LogP contribution in [0, 0.1) is 0 Å². The number of aromatic hydroxyl groups is 1. The molecule has 7 heteroatoms. The predicted molar refractivity (Wildman–Crippen MR) is 119 cm³/mol. The molecule has 31 heavy (non-hydrogen) atoms. The highest BCUT2D eigenvalue weighted by Gasteiger charge is 2.14. The Hall–Kier alpha value is -4.13. The molecule has 0 radical (unpaired) electrons. The lowest BCUT2D eigenvalue weighted by atomic mass is 10.1. The quantitative estimate of drug-likeness (QED) is 0.471. The van der Waals surface area contributed by atoms with Crippen molar-refractivity contribution < 1.29 is 19.5 Å². The number of carbonyl (C=O) groups excluding carboxylic acids is 3. The third-order valence-corrected chi connectivity index (χ3v) is 4.44. The molecule has 0 bridgehead atoms. The van der Waals surface area contributed by atoms with Crippen LogP contribution in [0.15, 0.2) is 72.8 Å². The maximum atomic E-state index is 12.7. The van der Waals surface area contributed by atoms with Gasteiger partial charge < -0.3 is 21.1 Å². The molecule has 0 aliphatic heterocycles. The second-order valence-corrected chi connectivity index (χ2v) is 6.97. The average molecular weight is 417 g/mol. The zero-order valence-electron chi connectivity index (χ0n) is 17.0. The number of hydrogen-bond acceptors (Lipinski definition) is 4. The molecule has 0 aromatic heterocycles. The molecule has 3 aromatic rings. The standard InChI is InChI=1S/C24H23N3O4/c1-16(28)26-21-14-18(23(30)25-12-11-17-7-9-22(29)10-8-17)13-19(15-21)24(31)27-20-5-3-2-4-6-20/h2-10,13-15,29H,11-12H2,1H3,(H,25,30)(H,26,28)(H,27,31). The first-order valence-corrected chi connectivity index (χ1v) is 9.76. The van der Waals surface area contributed by atoms with Crippen LogP contribution >= 0.6 is 0 Å². The molecule has 4 N–H and O–H groups in total. The second kappa shape index (κ2) is 10.1. The number of anilines is 2. The van der Waals surface area contributed by atoms with Crippen LogP contribution in [-0.4, -0.2) is 29.4 Å². The van der Waals surface area contributed by atoms with Crippen LogP contribution < -0.4 is 16.0 Å². The first-order chi connectivity index (χ1) is 14.9. The lowest BCUT2D eigenvalue weighted by Gasteiger charge is -2.11. The highest BCUT2D eigenvalue weighted by atomic mass is 16.3. The molecule has 3 rings (SSSR count). The van der Waals surface area contributed by atoms with Gasteiger partial charge in [-0.1, -0.05) is 30.3 Å². The van der Waals surface area contributed by atoms with Crippen LogP contribution in [0.1, 0.15) is 33.2 Å². The zero-order chi connectivity index (χ0) is 22.2. The summed E-state index contributed by atoms with van der Waals surface area (Å²) in [6.07, 6.45) is 0.582. The summed E-state index contributed by atoms with van der Waals surface area (Å²) in [5.41, 5.74) is 2.45. The Morgan fingerprint density at radius 2 is 1.42 bits per heavy atom. The van der Waals surface area contributed by atoms with Crippen LogP contribution in [0.2, 0.25) is 0 Å². The Labute approximate surface area is 180 Å². The van der Waals surface area contributed by atoms with E-state index in [0.29, 0.717) is 24.3 Å². The molecule has 0 atom stereocenters. The molecule has 0 aliphatic carbocycles. The molecule has 0 aliphatic rings. The fraction of sp³-hybridized carbons (Fsp3) is 0.125. The predicted octanol–water partition coefficient (Wildman–Crippen LogP) is 3.58. The summed E-state index contributed by atoms with van der Waals surface area (Å²) in [7, 11) is 0. The van der Waals surface area contributed by atoms with Crippen molar-refractivity contribution in [2.24, 2.45) is 0 Å². The Morgan fingerprint density at radius 1 is 0.774 bits per heavy atom. The minimum absolute atomic E-state index is 0.184. The number of rotatable bonds is 7. The van der Waals surface area contributed by atoms with Gasteiger partial charge in [0.1, 0.15) is 5.75 Å². The monoisotopic (exact) mass is 417 g/mol. The van der Waals surface area contributed by atoms with Crippen molar-refractivity contribution in [1.82, 2.24) is 5.32 Å². The van der Waals surface area contributed by atoms with E-state index in [2.05, 4.69) is 16.0 Å². The summed E-state index contributed by atoms with van der Waals surface area (Å²) < 4.78 is 0. The van der Waals surface area contributed by atoms with Crippen molar-refractivity contribution >= 4 is 29.1 Å². The number of benzene rings is 3. The van der Waals surface area contributed by atoms with E-state index in [1.54, 1.807) is 48.5 Å². The number of carbonyl (C=O) groups is 3. The van der Waals surface area contributed by atoms with E-state index >= 15 is 0 Å². The second-order valence-electron chi connectivity index (χ2n) is 6.97. The number of phenolic OH excluding ortho intramolecular Hbond substituents is 1. The topological polar surface area (TPSA) is 108 Å². The smallest absolute Gasteiger partial charge is 0.255 e. The van der Waals surface area contributed by atoms with Gasteiger partial charge in [0.25, 0.3) is 11.8 Å². The summed E-state index contributed by atoms with van der Waals surface area (Å²) in [5, 5.41) is 17.5. The van der Waals surface area contributed by atoms with Crippen LogP contribution in [-0.2, 0) is 11.2 Å². The fourth-order valence-electron chi connectivity index (χ4n) is 2.98. The number of para-hydroxylation sites is 1. The van der Waals surface area contributed by atoms with Crippen molar-refractivity contribution in [2.45, 2.75) is 13.3 Å². The van der Waals surface area contributed by atoms with Crippen molar-refractivity contribution in [3.63, 3.8) is 0 Å². The van der Waals surface area contributed by atoms with Crippen LogP contribution in [0.3, 0.4) is 0 Å². The minimum atomic E-state index is -0.392. The summed E-state index contributed by atoms with van der Waals surface area (Å²) in [6, 6.07) is 20.2. The van der Waals surface area contributed by atoms with Gasteiger partial charge in [0.15, 0.2) is 0 Å². The van der Waals surface area contributed by atoms with E-state index in [-0.39, 0.29) is 28.7 Å². The Kier molecular flexibility index (Phi) is 7.01. The van der Waals surface area contributed by atoms with Gasteiger partial charge in [-0.15, -0.1) is 0 Å². The number of amides is 3. The molecular weight excluding hydrogens is 394 g/mol. The third-order valence-electron chi connectivity index (χ3n) is 4.44. The molecule has 158 valence electrons. The summed E-state index contributed by atoms with van der Waals surface area (Å²) in [4.78, 5) is 36.8. The average Bonchev–Trinajstić information content (AvgIpc) is 2.75. The Balaban J connectivity index is 1.73. The van der Waals surface area contributed by atoms with Gasteiger partial charge in [-0.3, -0.25) is 14.4 Å². The van der Waals surface area contributed by atoms with Crippen molar-refractivity contribution in [2.75, 3.05) is 17.2 Å². The molecule has 0 saturated heterocycles. The van der Waals surface area contributed by atoms with Gasteiger partial charge >= 0.3 is 0 Å². The Morgan fingerprint density at radius 3 is 2.06 bits per heavy atom. The molecule has 3 aromatic carbocycles. The number of nitrogens with one attached hydrogen (secondary N) is 3. The molecule has 3 amide bonds. The van der Waals surface area contributed by atoms with Crippen LogP contribution in [0.25, 0.3) is 0 Å². The largest absolute Gasteiger partial charge is 0.508 e. The highest BCUT2D eigenvalue weighted by molar-refractivity contribution is 6.07. The van der Waals surface area contributed by atoms with Crippen LogP contribution in [0.5, 0.6) is 5.75 Å². The SMILES string of the molecule is CC(=O)Nc1cc(C(=O)NCCc2ccc(O)cc2)cc(C(=O)Nc2ccccc2)c1. The zero-order valence-corrected chi connectivity index (χ0v) is 17.0. The van der Waals surface area contributed by atoms with Crippen LogP contribution in [0.4, 0.5) is 11.4 Å². The van der Waals surface area contributed by atoms with E-state index in [0.717, 1.165) is 5.56 Å². The molecule has 7 nitrogen and oxygen atoms in total. The van der Waals surface area contributed by atoms with Gasteiger partial charge in [-0.05, 0) is 54.4 Å². The van der Waals surface area contributed by atoms with E-state index in [1.165, 1.54) is 25.1 Å². The number of phenols is 1. The normalized spacial score (nSPS) is 10.2. The fourth-order valence-corrected chi connectivity index (χ4v) is 2.98. The molecule has 0 unspecified atom stereocenters. The molecular formula is C24H23N3O4. The van der Waals surface area contributed by atoms with Crippen molar-refractivity contribution in [1.29, 1.82) is 0 Å². The number of hydrogen-bond donors (Lipinski definition) is 4. The first-order valence-electron chi connectivity index (χ1n) is 9.76. The summed E-state index contributed by atoms with van der Waals surface area (Å²) in [5.74, 6) is -0.875. The van der Waals surface area contributed by atoms with Gasteiger partial charge in [-0.2, -0.15) is 0 Å². The van der Waals surface area contributed by atoms with Crippen molar-refractivity contribution in [3.8, 4) is 5.75 Å². The molecule has 0 saturated carbocycles. The van der Waals surface area contributed by atoms with E-state index < -0.39 is 5.91 Å². The van der Waals surface area contributed by atoms with E-state index in [4.69, 9.17) is 0 Å². The lowest BCUT2D eigenvalue weighted by molar-refractivity contribution is -0.114. The van der Waals surface area contributed by atoms with Gasteiger partial charge in [0.05, 0.1) is 0 Å². The summed E-state index contributed by atoms with van der Waals surface area (Å²) >= 11 is 0. The maximum Gasteiger partial charge on any atom is 0.255 e. The molecule has 0 heterocycles. The molecule has 0 fully saturated rings. The van der Waals surface area contributed by atoms with Gasteiger partial charge in [-0.25, -0.2) is 0 Å². The van der Waals surface area contributed by atoms with Gasteiger partial charge in [0, 0.05) is 36.0 Å². The van der Waals surface area contributed by atoms with E-state index in [1.807, 2.05) is 6.07 Å². The Bertz CT molecular complexity index is 1080. The third kappa shape index (κ3) is 6.43. The first kappa shape index (κ1) is 21.6. The minimum Gasteiger partial charge on any atom is -0.508 e. The maximum absolute atomic E-state index is 12.7. The van der Waals surface area contributed by atoms with E-state index in [9.17, 15) is 19.5 Å². The lowest BCUT2D eigenvalue weighted by Crippen LogP contribution is -2.26. The van der Waals surface area contributed by atoms with Crippen molar-refractivity contribution in [3.05, 3.63) is 89.5 Å².